The first-order chi connectivity index (χ1) is 12.4. The molecule has 1 fully saturated rings. The fourth-order valence-corrected chi connectivity index (χ4v) is 3.58. The van der Waals surface area contributed by atoms with Gasteiger partial charge in [-0.2, -0.15) is 0 Å². The van der Waals surface area contributed by atoms with Gasteiger partial charge in [0.2, 0.25) is 0 Å². The molecule has 0 amide bonds. The fourth-order valence-electron chi connectivity index (χ4n) is 3.58. The van der Waals surface area contributed by atoms with Crippen molar-refractivity contribution in [3.05, 3.63) is 23.8 Å². The number of rotatable bonds is 5. The fraction of sp³-hybridized carbons (Fsp3) is 0.737. The molecule has 154 valence electrons. The van der Waals surface area contributed by atoms with Crippen molar-refractivity contribution in [2.45, 2.75) is 76.5 Å². The van der Waals surface area contributed by atoms with Crippen LogP contribution < -0.4 is 0 Å². The Hall–Kier alpha value is -1.13. The van der Waals surface area contributed by atoms with Gasteiger partial charge in [0.25, 0.3) is 0 Å². The zero-order valence-electron chi connectivity index (χ0n) is 16.1. The summed E-state index contributed by atoms with van der Waals surface area (Å²) in [4.78, 5) is 11.8. The largest absolute Gasteiger partial charge is 0.394 e. The molecule has 2 rings (SSSR count). The topological polar surface area (TPSA) is 137 Å². The number of ketones is 1. The van der Waals surface area contributed by atoms with Gasteiger partial charge in [0.15, 0.2) is 12.1 Å². The van der Waals surface area contributed by atoms with Crippen LogP contribution in [0.3, 0.4) is 0 Å². The molecule has 5 N–H and O–H groups in total. The number of ether oxygens (including phenoxy) is 2. The van der Waals surface area contributed by atoms with E-state index in [1.807, 2.05) is 0 Å². The van der Waals surface area contributed by atoms with Crippen molar-refractivity contribution in [2.24, 2.45) is 5.41 Å². The van der Waals surface area contributed by atoms with Crippen LogP contribution in [0.1, 0.15) is 34.1 Å². The molecule has 0 unspecified atom stereocenters. The Kier molecular flexibility index (Phi) is 6.63. The molecule has 27 heavy (non-hydrogen) atoms. The van der Waals surface area contributed by atoms with Crippen molar-refractivity contribution in [2.75, 3.05) is 6.61 Å². The Morgan fingerprint density at radius 2 is 1.93 bits per heavy atom. The lowest BCUT2D eigenvalue weighted by molar-refractivity contribution is -0.306. The Morgan fingerprint density at radius 3 is 2.48 bits per heavy atom. The molecule has 0 aromatic rings. The minimum Gasteiger partial charge on any atom is -0.394 e. The minimum atomic E-state index is -1.52. The van der Waals surface area contributed by atoms with Gasteiger partial charge in [-0.1, -0.05) is 19.9 Å². The predicted molar refractivity (Wildman–Crippen MR) is 95.6 cm³/mol. The molecule has 1 heterocycles. The normalized spacial score (nSPS) is 40.9. The molecule has 0 radical (unpaired) electrons. The van der Waals surface area contributed by atoms with Gasteiger partial charge in [0.1, 0.15) is 30.0 Å². The summed E-state index contributed by atoms with van der Waals surface area (Å²) in [6, 6.07) is 0. The summed E-state index contributed by atoms with van der Waals surface area (Å²) in [5.74, 6) is -0.0406. The first-order valence-electron chi connectivity index (χ1n) is 9.02. The van der Waals surface area contributed by atoms with Crippen molar-refractivity contribution in [1.29, 1.82) is 0 Å². The molecular formula is C19H30O8. The third kappa shape index (κ3) is 4.32. The average molecular weight is 386 g/mol. The third-order valence-electron chi connectivity index (χ3n) is 5.43. The maximum Gasteiger partial charge on any atom is 0.187 e. The first-order valence-corrected chi connectivity index (χ1v) is 9.02. The molecule has 0 saturated carbocycles. The van der Waals surface area contributed by atoms with Crippen molar-refractivity contribution in [3.63, 3.8) is 0 Å². The van der Waals surface area contributed by atoms with Crippen LogP contribution in [0.5, 0.6) is 0 Å². The molecule has 1 aliphatic heterocycles. The molecule has 8 heteroatoms. The number of hydrogen-bond donors (Lipinski definition) is 5. The molecule has 2 aliphatic rings. The molecule has 0 bridgehead atoms. The summed E-state index contributed by atoms with van der Waals surface area (Å²) in [5, 5.41) is 50.0. The molecule has 1 aliphatic carbocycles. The smallest absolute Gasteiger partial charge is 0.187 e. The van der Waals surface area contributed by atoms with Gasteiger partial charge in [-0.3, -0.25) is 4.79 Å². The van der Waals surface area contributed by atoms with Crippen LogP contribution in [-0.2, 0) is 14.3 Å². The van der Waals surface area contributed by atoms with Crippen LogP contribution in [0.2, 0.25) is 0 Å². The van der Waals surface area contributed by atoms with Crippen LogP contribution in [0.15, 0.2) is 23.8 Å². The van der Waals surface area contributed by atoms with Gasteiger partial charge in [0.05, 0.1) is 12.7 Å². The summed E-state index contributed by atoms with van der Waals surface area (Å²) in [6.07, 6.45) is -2.64. The molecule has 1 saturated heterocycles. The summed E-state index contributed by atoms with van der Waals surface area (Å²) in [6.45, 7) is 6.40. The standard InChI is InChI=1S/C19H30O8/c1-10-7-12(21)8-18(3,4)19(10,25)6-5-11(2)26-17-16(24)15(23)14(22)13(9-20)27-17/h5-7,11,13-17,20,22-25H,8-9H2,1-4H3/b6-5+/t11-,13-,14-,15+,16-,17-,19+/m1/s1. The van der Waals surface area contributed by atoms with Crippen molar-refractivity contribution < 1.29 is 39.8 Å². The quantitative estimate of drug-likeness (QED) is 0.396. The average Bonchev–Trinajstić information content (AvgIpc) is 2.58. The van der Waals surface area contributed by atoms with Crippen LogP contribution in [0.25, 0.3) is 0 Å². The lowest BCUT2D eigenvalue weighted by Crippen LogP contribution is -2.59. The van der Waals surface area contributed by atoms with Crippen molar-refractivity contribution >= 4 is 5.78 Å². The number of hydrogen-bond acceptors (Lipinski definition) is 8. The van der Waals surface area contributed by atoms with E-state index in [4.69, 9.17) is 9.47 Å². The van der Waals surface area contributed by atoms with Crippen molar-refractivity contribution in [1.82, 2.24) is 0 Å². The zero-order valence-corrected chi connectivity index (χ0v) is 16.1. The van der Waals surface area contributed by atoms with Gasteiger partial charge in [-0.15, -0.1) is 0 Å². The van der Waals surface area contributed by atoms with Gasteiger partial charge in [-0.05, 0) is 31.6 Å². The van der Waals surface area contributed by atoms with Gasteiger partial charge < -0.3 is 35.0 Å². The monoisotopic (exact) mass is 386 g/mol. The number of aliphatic hydroxyl groups is 5. The highest BCUT2D eigenvalue weighted by atomic mass is 16.7. The van der Waals surface area contributed by atoms with E-state index in [2.05, 4.69) is 0 Å². The lowest BCUT2D eigenvalue weighted by atomic mass is 9.64. The maximum atomic E-state index is 11.8. The Bertz CT molecular complexity index is 611. The van der Waals surface area contributed by atoms with Crippen LogP contribution in [0, 0.1) is 5.41 Å². The zero-order chi connectivity index (χ0) is 20.6. The summed E-state index contributed by atoms with van der Waals surface area (Å²) in [5.41, 5.74) is -1.52. The van der Waals surface area contributed by atoms with E-state index in [0.29, 0.717) is 5.57 Å². The second-order valence-electron chi connectivity index (χ2n) is 8.02. The second kappa shape index (κ2) is 8.08. The van der Waals surface area contributed by atoms with Gasteiger partial charge in [-0.25, -0.2) is 0 Å². The van der Waals surface area contributed by atoms with Crippen LogP contribution in [-0.4, -0.2) is 80.3 Å². The highest BCUT2D eigenvalue weighted by Gasteiger charge is 2.47. The summed E-state index contributed by atoms with van der Waals surface area (Å²) < 4.78 is 10.9. The van der Waals surface area contributed by atoms with E-state index in [9.17, 15) is 30.3 Å². The van der Waals surface area contributed by atoms with E-state index in [0.717, 1.165) is 0 Å². The molecular weight excluding hydrogens is 356 g/mol. The van der Waals surface area contributed by atoms with E-state index >= 15 is 0 Å². The van der Waals surface area contributed by atoms with E-state index in [-0.39, 0.29) is 12.2 Å². The summed E-state index contributed by atoms with van der Waals surface area (Å²) in [7, 11) is 0. The number of allylic oxidation sites excluding steroid dienone is 1. The Balaban J connectivity index is 2.11. The lowest BCUT2D eigenvalue weighted by Gasteiger charge is -2.44. The van der Waals surface area contributed by atoms with Crippen LogP contribution in [0.4, 0.5) is 0 Å². The molecule has 0 spiro atoms. The summed E-state index contributed by atoms with van der Waals surface area (Å²) >= 11 is 0. The van der Waals surface area contributed by atoms with E-state index in [1.54, 1.807) is 39.8 Å². The minimum absolute atomic E-state index is 0.0406. The number of carbonyl (C=O) groups excluding carboxylic acids is 1. The molecule has 0 aromatic heterocycles. The highest BCUT2D eigenvalue weighted by molar-refractivity contribution is 5.92. The van der Waals surface area contributed by atoms with E-state index < -0.39 is 54.4 Å². The predicted octanol–water partition coefficient (Wildman–Crippen LogP) is -0.576. The second-order valence-corrected chi connectivity index (χ2v) is 8.02. The van der Waals surface area contributed by atoms with Gasteiger partial charge in [0, 0.05) is 11.8 Å². The Morgan fingerprint density at radius 1 is 1.30 bits per heavy atom. The maximum absolute atomic E-state index is 11.8. The molecule has 0 aromatic carbocycles. The Labute approximate surface area is 158 Å². The van der Waals surface area contributed by atoms with Gasteiger partial charge >= 0.3 is 0 Å². The van der Waals surface area contributed by atoms with Crippen LogP contribution >= 0.6 is 0 Å². The third-order valence-corrected chi connectivity index (χ3v) is 5.43. The van der Waals surface area contributed by atoms with Crippen molar-refractivity contribution in [3.8, 4) is 0 Å². The molecule has 7 atom stereocenters. The molecule has 8 nitrogen and oxygen atoms in total. The highest BCUT2D eigenvalue weighted by Crippen LogP contribution is 2.44. The number of aliphatic hydroxyl groups excluding tert-OH is 4. The SMILES string of the molecule is CC1=CC(=O)CC(C)(C)[C@]1(O)/C=C/[C@@H](C)O[C@@H]1O[C@H](CO)[C@@H](O)[C@H](O)[C@H]1O. The number of carbonyl (C=O) groups is 1. The first kappa shape index (κ1) is 22.2. The van der Waals surface area contributed by atoms with E-state index in [1.165, 1.54) is 6.08 Å².